The molecule has 1 unspecified atom stereocenters. The molecule has 1 aliphatic heterocycles. The molecule has 0 radical (unpaired) electrons. The predicted molar refractivity (Wildman–Crippen MR) is 111 cm³/mol. The largest absolute Gasteiger partial charge is 0.451 e. The lowest BCUT2D eigenvalue weighted by atomic mass is 10.2. The van der Waals surface area contributed by atoms with Crippen LogP contribution >= 0.6 is 0 Å². The van der Waals surface area contributed by atoms with E-state index in [0.717, 1.165) is 17.7 Å². The fraction of sp³-hybridized carbons (Fsp3) is 0.545. The van der Waals surface area contributed by atoms with Crippen molar-refractivity contribution in [2.45, 2.75) is 58.5 Å². The Kier molecular flexibility index (Phi) is 9.44. The summed E-state index contributed by atoms with van der Waals surface area (Å²) in [5.74, 6) is -3.84. The first-order chi connectivity index (χ1) is 14.7. The molecule has 0 fully saturated rings. The Balaban J connectivity index is 2.06. The van der Waals surface area contributed by atoms with E-state index in [2.05, 4.69) is 5.32 Å². The fourth-order valence-electron chi connectivity index (χ4n) is 2.57. The molecular formula is C22H31NO8. The third kappa shape index (κ3) is 8.29. The third-order valence-corrected chi connectivity index (χ3v) is 4.10. The van der Waals surface area contributed by atoms with Gasteiger partial charge in [-0.3, -0.25) is 0 Å². The number of hydrogen-bond donors (Lipinski definition) is 2. The number of nitrogens with one attached hydrogen (secondary N) is 1. The number of hydrogen-bond acceptors (Lipinski definition) is 9. The van der Waals surface area contributed by atoms with Crippen molar-refractivity contribution in [1.82, 2.24) is 5.32 Å². The molecule has 9 heteroatoms. The van der Waals surface area contributed by atoms with Gasteiger partial charge >= 0.3 is 17.9 Å². The monoisotopic (exact) mass is 437 g/mol. The van der Waals surface area contributed by atoms with Crippen LogP contribution in [-0.2, 0) is 35.1 Å². The van der Waals surface area contributed by atoms with Crippen LogP contribution in [-0.4, -0.2) is 61.0 Å². The van der Waals surface area contributed by atoms with Crippen molar-refractivity contribution in [3.63, 3.8) is 0 Å². The summed E-state index contributed by atoms with van der Waals surface area (Å²) >= 11 is 0. The van der Waals surface area contributed by atoms with Gasteiger partial charge < -0.3 is 34.1 Å². The molecule has 1 heterocycles. The molecule has 9 nitrogen and oxygen atoms in total. The van der Waals surface area contributed by atoms with Gasteiger partial charge in [-0.2, -0.15) is 0 Å². The minimum atomic E-state index is -2.33. The highest BCUT2D eigenvalue weighted by Crippen LogP contribution is 2.27. The first kappa shape index (κ1) is 24.8. The Morgan fingerprint density at radius 2 is 1.61 bits per heavy atom. The molecule has 0 aromatic heterocycles. The normalized spacial score (nSPS) is 16.7. The highest BCUT2D eigenvalue weighted by molar-refractivity contribution is 5.93. The average molecular weight is 437 g/mol. The molecule has 1 aromatic carbocycles. The highest BCUT2D eigenvalue weighted by Gasteiger charge is 2.50. The van der Waals surface area contributed by atoms with Crippen molar-refractivity contribution >= 4 is 11.9 Å². The maximum absolute atomic E-state index is 12.0. The van der Waals surface area contributed by atoms with E-state index in [0.29, 0.717) is 19.8 Å². The second kappa shape index (κ2) is 11.8. The summed E-state index contributed by atoms with van der Waals surface area (Å²) in [6.45, 7) is 8.98. The number of cyclic esters (lactones) is 2. The van der Waals surface area contributed by atoms with E-state index in [1.165, 1.54) is 0 Å². The fourth-order valence-corrected chi connectivity index (χ4v) is 2.57. The Morgan fingerprint density at radius 1 is 1.00 bits per heavy atom. The summed E-state index contributed by atoms with van der Waals surface area (Å²) in [5, 5.41) is 13.6. The van der Waals surface area contributed by atoms with Gasteiger partial charge in [0.2, 0.25) is 0 Å². The Hall–Kier alpha value is -2.46. The number of ether oxygens (including phenoxy) is 5. The van der Waals surface area contributed by atoms with Crippen molar-refractivity contribution in [3.8, 4) is 5.75 Å². The summed E-state index contributed by atoms with van der Waals surface area (Å²) in [6.07, 6.45) is 0.506. The van der Waals surface area contributed by atoms with Crippen LogP contribution in [0.5, 0.6) is 5.75 Å². The Morgan fingerprint density at radius 3 is 2.16 bits per heavy atom. The zero-order valence-electron chi connectivity index (χ0n) is 18.3. The van der Waals surface area contributed by atoms with Gasteiger partial charge in [0.25, 0.3) is 0 Å². The molecular weight excluding hydrogens is 406 g/mol. The number of aliphatic hydroxyl groups excluding tert-OH is 1. The number of carbonyl (C=O) groups excluding carboxylic acids is 2. The van der Waals surface area contributed by atoms with Gasteiger partial charge in [-0.05, 0) is 31.5 Å². The van der Waals surface area contributed by atoms with Crippen molar-refractivity contribution in [1.29, 1.82) is 0 Å². The summed E-state index contributed by atoms with van der Waals surface area (Å²) in [6, 6.07) is 6.75. The van der Waals surface area contributed by atoms with Crippen LogP contribution in [0.2, 0.25) is 0 Å². The molecule has 1 atom stereocenters. The van der Waals surface area contributed by atoms with E-state index >= 15 is 0 Å². The van der Waals surface area contributed by atoms with Crippen LogP contribution in [0.1, 0.15) is 33.3 Å². The van der Waals surface area contributed by atoms with E-state index in [1.807, 2.05) is 27.7 Å². The van der Waals surface area contributed by atoms with Gasteiger partial charge in [-0.1, -0.05) is 26.0 Å². The van der Waals surface area contributed by atoms with Crippen LogP contribution in [0.4, 0.5) is 0 Å². The van der Waals surface area contributed by atoms with Crippen LogP contribution in [0.25, 0.3) is 0 Å². The zero-order valence-corrected chi connectivity index (χ0v) is 18.3. The first-order valence-corrected chi connectivity index (χ1v) is 10.2. The number of aliphatic hydroxyl groups is 1. The quantitative estimate of drug-likeness (QED) is 0.372. The average Bonchev–Trinajstić information content (AvgIpc) is 2.85. The lowest BCUT2D eigenvalue weighted by Crippen LogP contribution is -2.57. The molecule has 1 aliphatic rings. The molecule has 2 rings (SSSR count). The zero-order chi connectivity index (χ0) is 22.9. The lowest BCUT2D eigenvalue weighted by Gasteiger charge is -2.34. The molecule has 0 spiro atoms. The minimum Gasteiger partial charge on any atom is -0.418 e. The van der Waals surface area contributed by atoms with Crippen molar-refractivity contribution in [2.75, 3.05) is 19.8 Å². The van der Waals surface area contributed by atoms with Gasteiger partial charge in [0, 0.05) is 24.7 Å². The number of benzene rings is 1. The topological polar surface area (TPSA) is 113 Å². The predicted octanol–water partition coefficient (Wildman–Crippen LogP) is 1.68. The standard InChI is InChI=1S/C22H31NO8/c1-15(2)23-13-19(24)22(30-20(25)9-10-21(26)31-22)29-18-7-5-17(6-8-18)14-27-11-12-28-16(3)4/h5-10,15-16,19,23-24H,11-14H2,1-4H3. The van der Waals surface area contributed by atoms with Crippen LogP contribution in [0.3, 0.4) is 0 Å². The Bertz CT molecular complexity index is 724. The maximum atomic E-state index is 12.0. The van der Waals surface area contributed by atoms with E-state index in [9.17, 15) is 14.7 Å². The molecule has 0 saturated heterocycles. The highest BCUT2D eigenvalue weighted by atomic mass is 16.9. The summed E-state index contributed by atoms with van der Waals surface area (Å²) in [4.78, 5) is 23.9. The van der Waals surface area contributed by atoms with Crippen LogP contribution in [0.15, 0.2) is 36.4 Å². The van der Waals surface area contributed by atoms with Gasteiger partial charge in [0.05, 0.1) is 25.9 Å². The molecule has 0 amide bonds. The summed E-state index contributed by atoms with van der Waals surface area (Å²) in [5.41, 5.74) is 0.879. The molecule has 0 bridgehead atoms. The van der Waals surface area contributed by atoms with E-state index in [-0.39, 0.29) is 24.4 Å². The number of esters is 2. The Labute approximate surface area is 182 Å². The summed E-state index contributed by atoms with van der Waals surface area (Å²) in [7, 11) is 0. The third-order valence-electron chi connectivity index (χ3n) is 4.10. The van der Waals surface area contributed by atoms with Crippen LogP contribution in [0, 0.1) is 0 Å². The molecule has 31 heavy (non-hydrogen) atoms. The smallest absolute Gasteiger partial charge is 0.418 e. The van der Waals surface area contributed by atoms with Gasteiger partial charge in [-0.15, -0.1) is 0 Å². The van der Waals surface area contributed by atoms with E-state index in [4.69, 9.17) is 23.7 Å². The summed E-state index contributed by atoms with van der Waals surface area (Å²) < 4.78 is 27.1. The molecule has 172 valence electrons. The molecule has 2 N–H and O–H groups in total. The van der Waals surface area contributed by atoms with E-state index < -0.39 is 24.0 Å². The van der Waals surface area contributed by atoms with Crippen molar-refractivity contribution < 1.29 is 38.4 Å². The van der Waals surface area contributed by atoms with Gasteiger partial charge in [0.15, 0.2) is 6.10 Å². The van der Waals surface area contributed by atoms with Gasteiger partial charge in [-0.25, -0.2) is 9.59 Å². The first-order valence-electron chi connectivity index (χ1n) is 10.2. The number of rotatable bonds is 12. The minimum absolute atomic E-state index is 0.0345. The lowest BCUT2D eigenvalue weighted by molar-refractivity contribution is -0.340. The maximum Gasteiger partial charge on any atom is 0.451 e. The molecule has 0 saturated carbocycles. The molecule has 1 aromatic rings. The van der Waals surface area contributed by atoms with Gasteiger partial charge in [0.1, 0.15) is 5.75 Å². The molecule has 0 aliphatic carbocycles. The van der Waals surface area contributed by atoms with Crippen LogP contribution < -0.4 is 10.1 Å². The van der Waals surface area contributed by atoms with Crippen molar-refractivity contribution in [2.24, 2.45) is 0 Å². The SMILES string of the molecule is CC(C)NCC(O)C1(Oc2ccc(COCCOC(C)C)cc2)OC(=O)C=CC(=O)O1. The second-order valence-electron chi connectivity index (χ2n) is 7.58. The number of carbonyl (C=O) groups is 2. The second-order valence-corrected chi connectivity index (χ2v) is 7.58. The van der Waals surface area contributed by atoms with E-state index in [1.54, 1.807) is 24.3 Å². The van der Waals surface area contributed by atoms with Crippen molar-refractivity contribution in [3.05, 3.63) is 42.0 Å².